The zero-order valence-electron chi connectivity index (χ0n) is 29.1. The maximum absolute atomic E-state index is 11.9. The minimum atomic E-state index is -0.0348. The molecule has 7 rings (SSSR count). The molecule has 1 aliphatic carbocycles. The summed E-state index contributed by atoms with van der Waals surface area (Å²) in [6.45, 7) is 1.67. The second kappa shape index (κ2) is 12.6. The highest BCUT2D eigenvalue weighted by Crippen LogP contribution is 2.60. The van der Waals surface area contributed by atoms with Gasteiger partial charge >= 0.3 is 0 Å². The van der Waals surface area contributed by atoms with Gasteiger partial charge in [0.05, 0.1) is 35.5 Å². The van der Waals surface area contributed by atoms with Crippen molar-refractivity contribution in [3.63, 3.8) is 0 Å². The first-order valence-corrected chi connectivity index (χ1v) is 16.6. The second-order valence-electron chi connectivity index (χ2n) is 13.2. The van der Waals surface area contributed by atoms with Crippen LogP contribution in [0.2, 0.25) is 0 Å². The standard InChI is InChI=1S/C39H44N2O8/c1-40-12-10-21-16-31(45-3)30(43)18-23(21)27(40)15-20-8-9-29(42)26(14-20)33-24-17-28-34-22(11-13-41(28)2)37(47-5)39(49-7)38(48-6)35(34)25(24)19-32(46-4)36(33)44/h8-9,14,16,18-19,27-28,42-44H,10-13,15,17H2,1-7H3/t27-,28-/m0/s1. The molecule has 258 valence electrons. The Morgan fingerprint density at radius 2 is 1.39 bits per heavy atom. The summed E-state index contributed by atoms with van der Waals surface area (Å²) in [7, 11) is 12.2. The zero-order chi connectivity index (χ0) is 34.7. The Kier molecular flexibility index (Phi) is 8.40. The predicted octanol–water partition coefficient (Wildman–Crippen LogP) is 6.04. The molecule has 2 aliphatic heterocycles. The summed E-state index contributed by atoms with van der Waals surface area (Å²) in [5.74, 6) is 2.64. The largest absolute Gasteiger partial charge is 0.507 e. The van der Waals surface area contributed by atoms with Gasteiger partial charge in [-0.2, -0.15) is 0 Å². The minimum absolute atomic E-state index is 0.0151. The molecule has 0 saturated heterocycles. The van der Waals surface area contributed by atoms with Crippen molar-refractivity contribution in [3.8, 4) is 68.2 Å². The van der Waals surface area contributed by atoms with Crippen LogP contribution in [-0.4, -0.2) is 87.9 Å². The van der Waals surface area contributed by atoms with Crippen LogP contribution in [0.4, 0.5) is 0 Å². The van der Waals surface area contributed by atoms with Crippen molar-refractivity contribution in [2.45, 2.75) is 37.8 Å². The van der Waals surface area contributed by atoms with Crippen LogP contribution in [0.25, 0.3) is 22.3 Å². The van der Waals surface area contributed by atoms with Gasteiger partial charge < -0.3 is 39.0 Å². The van der Waals surface area contributed by atoms with Crippen LogP contribution in [0, 0.1) is 0 Å². The fourth-order valence-corrected chi connectivity index (χ4v) is 8.32. The smallest absolute Gasteiger partial charge is 0.204 e. The molecule has 2 heterocycles. The molecule has 0 saturated carbocycles. The second-order valence-corrected chi connectivity index (χ2v) is 13.2. The fourth-order valence-electron chi connectivity index (χ4n) is 8.32. The number of aromatic hydroxyl groups is 3. The molecule has 10 nitrogen and oxygen atoms in total. The lowest BCUT2D eigenvalue weighted by molar-refractivity contribution is 0.222. The summed E-state index contributed by atoms with van der Waals surface area (Å²) in [6.07, 6.45) is 2.84. The molecule has 3 aliphatic rings. The van der Waals surface area contributed by atoms with Crippen molar-refractivity contribution in [1.82, 2.24) is 9.80 Å². The van der Waals surface area contributed by atoms with E-state index in [4.69, 9.17) is 23.7 Å². The average Bonchev–Trinajstić information content (AvgIpc) is 3.10. The first-order valence-electron chi connectivity index (χ1n) is 16.6. The van der Waals surface area contributed by atoms with Gasteiger partial charge in [0.15, 0.2) is 34.5 Å². The summed E-state index contributed by atoms with van der Waals surface area (Å²) in [6, 6.07) is 11.1. The van der Waals surface area contributed by atoms with Gasteiger partial charge in [-0.25, -0.2) is 0 Å². The molecular formula is C39H44N2O8. The monoisotopic (exact) mass is 668 g/mol. The number of ether oxygens (including phenoxy) is 5. The van der Waals surface area contributed by atoms with E-state index in [2.05, 4.69) is 23.9 Å². The van der Waals surface area contributed by atoms with E-state index in [0.717, 1.165) is 70.4 Å². The Labute approximate surface area is 287 Å². The van der Waals surface area contributed by atoms with Gasteiger partial charge in [0.25, 0.3) is 0 Å². The van der Waals surface area contributed by atoms with E-state index < -0.39 is 0 Å². The Bertz CT molecular complexity index is 1960. The summed E-state index contributed by atoms with van der Waals surface area (Å²) in [4.78, 5) is 4.61. The van der Waals surface area contributed by atoms with Gasteiger partial charge in [-0.15, -0.1) is 0 Å². The van der Waals surface area contributed by atoms with E-state index in [1.54, 1.807) is 34.5 Å². The average molecular weight is 669 g/mol. The number of nitrogens with zero attached hydrogens (tertiary/aromatic N) is 2. The van der Waals surface area contributed by atoms with Gasteiger partial charge in [-0.3, -0.25) is 9.80 Å². The Hall–Kier alpha value is -4.80. The third-order valence-corrected chi connectivity index (χ3v) is 10.8. The highest BCUT2D eigenvalue weighted by molar-refractivity contribution is 5.94. The van der Waals surface area contributed by atoms with Crippen LogP contribution in [0.1, 0.15) is 45.5 Å². The van der Waals surface area contributed by atoms with Crippen LogP contribution < -0.4 is 23.7 Å². The number of fused-ring (bicyclic) bond motifs is 3. The molecule has 2 atom stereocenters. The van der Waals surface area contributed by atoms with Crippen molar-refractivity contribution >= 4 is 0 Å². The van der Waals surface area contributed by atoms with E-state index in [1.807, 2.05) is 30.3 Å². The zero-order valence-corrected chi connectivity index (χ0v) is 29.1. The molecule has 4 aromatic rings. The van der Waals surface area contributed by atoms with Gasteiger partial charge in [-0.05, 0) is 103 Å². The molecule has 4 aromatic carbocycles. The summed E-state index contributed by atoms with van der Waals surface area (Å²) < 4.78 is 29.1. The molecular weight excluding hydrogens is 624 g/mol. The highest BCUT2D eigenvalue weighted by atomic mass is 16.5. The van der Waals surface area contributed by atoms with Gasteiger partial charge in [0, 0.05) is 47.4 Å². The lowest BCUT2D eigenvalue weighted by Gasteiger charge is -2.42. The molecule has 0 bridgehead atoms. The Morgan fingerprint density at radius 3 is 2.08 bits per heavy atom. The number of hydrogen-bond donors (Lipinski definition) is 3. The number of rotatable bonds is 8. The van der Waals surface area contributed by atoms with E-state index in [0.29, 0.717) is 47.0 Å². The summed E-state index contributed by atoms with van der Waals surface area (Å²) >= 11 is 0. The van der Waals surface area contributed by atoms with Crippen molar-refractivity contribution in [1.29, 1.82) is 0 Å². The van der Waals surface area contributed by atoms with E-state index in [1.165, 1.54) is 7.11 Å². The van der Waals surface area contributed by atoms with Crippen molar-refractivity contribution in [2.75, 3.05) is 62.7 Å². The van der Waals surface area contributed by atoms with Crippen molar-refractivity contribution < 1.29 is 39.0 Å². The molecule has 0 spiro atoms. The SMILES string of the molecule is COc1cc2c(cc1O)[C@H](Cc1ccc(O)c(-c3c(O)c(OC)cc4c3C[C@H]3c5c(c(OC)c(OC)c(OC)c5-4)CCN3C)c1)N(C)CC2. The maximum atomic E-state index is 11.9. The van der Waals surface area contributed by atoms with Crippen molar-refractivity contribution in [2.24, 2.45) is 0 Å². The van der Waals surface area contributed by atoms with Crippen LogP contribution in [0.3, 0.4) is 0 Å². The third-order valence-electron chi connectivity index (χ3n) is 10.8. The number of phenolic OH excluding ortho intramolecular Hbond substituents is 3. The molecule has 0 fully saturated rings. The number of likely N-dealkylation sites (N-methyl/N-ethyl adjacent to an activating group) is 2. The molecule has 49 heavy (non-hydrogen) atoms. The molecule has 3 N–H and O–H groups in total. The molecule has 0 radical (unpaired) electrons. The molecule has 0 amide bonds. The highest BCUT2D eigenvalue weighted by Gasteiger charge is 2.41. The van der Waals surface area contributed by atoms with Crippen molar-refractivity contribution in [3.05, 3.63) is 69.8 Å². The predicted molar refractivity (Wildman–Crippen MR) is 187 cm³/mol. The van der Waals surface area contributed by atoms with Gasteiger partial charge in [0.1, 0.15) is 5.75 Å². The van der Waals surface area contributed by atoms with E-state index >= 15 is 0 Å². The lowest BCUT2D eigenvalue weighted by atomic mass is 9.73. The van der Waals surface area contributed by atoms with Crippen LogP contribution in [0.5, 0.6) is 46.0 Å². The summed E-state index contributed by atoms with van der Waals surface area (Å²) in [5, 5.41) is 34.0. The quantitative estimate of drug-likeness (QED) is 0.206. The number of methoxy groups -OCH3 is 5. The normalized spacial score (nSPS) is 18.3. The first kappa shape index (κ1) is 32.7. The van der Waals surface area contributed by atoms with Crippen LogP contribution in [-0.2, 0) is 25.7 Å². The number of benzene rings is 4. The molecule has 10 heteroatoms. The first-order chi connectivity index (χ1) is 23.6. The minimum Gasteiger partial charge on any atom is -0.507 e. The summed E-state index contributed by atoms with van der Waals surface area (Å²) in [5.41, 5.74) is 9.01. The third kappa shape index (κ3) is 5.08. The Balaban J connectivity index is 1.42. The van der Waals surface area contributed by atoms with Gasteiger partial charge in [0.2, 0.25) is 5.75 Å². The van der Waals surface area contributed by atoms with E-state index in [-0.39, 0.29) is 35.1 Å². The maximum Gasteiger partial charge on any atom is 0.204 e. The topological polar surface area (TPSA) is 113 Å². The molecule has 0 aromatic heterocycles. The lowest BCUT2D eigenvalue weighted by Crippen LogP contribution is -2.36. The molecule has 0 unspecified atom stereocenters. The Morgan fingerprint density at radius 1 is 0.673 bits per heavy atom. The van der Waals surface area contributed by atoms with Crippen LogP contribution >= 0.6 is 0 Å². The van der Waals surface area contributed by atoms with Gasteiger partial charge in [-0.1, -0.05) is 6.07 Å². The number of hydrogen-bond acceptors (Lipinski definition) is 10. The number of phenols is 3. The van der Waals surface area contributed by atoms with E-state index in [9.17, 15) is 15.3 Å². The van der Waals surface area contributed by atoms with Crippen LogP contribution in [0.15, 0.2) is 36.4 Å². The fraction of sp³-hybridized carbons (Fsp3) is 0.385.